The number of sulfone groups is 1. The maximum atomic E-state index is 12.3. The third kappa shape index (κ3) is 4.01. The van der Waals surface area contributed by atoms with E-state index in [-0.39, 0.29) is 10.5 Å². The fourth-order valence-electron chi connectivity index (χ4n) is 1.64. The number of esters is 1. The summed E-state index contributed by atoms with van der Waals surface area (Å²) < 4.78 is 29.0. The second kappa shape index (κ2) is 6.67. The smallest absolute Gasteiger partial charge is 0.330 e. The average Bonchev–Trinajstić information content (AvgIpc) is 2.43. The van der Waals surface area contributed by atoms with Gasteiger partial charge in [0.05, 0.1) is 17.3 Å². The Morgan fingerprint density at radius 2 is 1.81 bits per heavy atom. The van der Waals surface area contributed by atoms with Gasteiger partial charge in [0.15, 0.2) is 15.6 Å². The number of benzene rings is 1. The molecule has 0 aliphatic carbocycles. The molecule has 1 aromatic carbocycles. The van der Waals surface area contributed by atoms with Crippen molar-refractivity contribution in [1.82, 2.24) is 0 Å². The largest absolute Gasteiger partial charge is 0.466 e. The standard InChI is InChI=1S/C15H18O5S/c1-10(2)21(18,19)14-7-5-11(3)9-12(14)13(16)6-8-15(17)20-4/h5-10H,1-4H3/b8-6+. The first kappa shape index (κ1) is 17.1. The summed E-state index contributed by atoms with van der Waals surface area (Å²) in [6.07, 6.45) is 1.98. The van der Waals surface area contributed by atoms with E-state index in [1.165, 1.54) is 19.2 Å². The van der Waals surface area contributed by atoms with Gasteiger partial charge in [-0.1, -0.05) is 11.6 Å². The summed E-state index contributed by atoms with van der Waals surface area (Å²) in [6, 6.07) is 4.55. The van der Waals surface area contributed by atoms with Crippen LogP contribution in [0.25, 0.3) is 0 Å². The minimum absolute atomic E-state index is 0.0254. The van der Waals surface area contributed by atoms with E-state index in [9.17, 15) is 18.0 Å². The molecule has 0 saturated heterocycles. The van der Waals surface area contributed by atoms with Crippen molar-refractivity contribution in [2.24, 2.45) is 0 Å². The molecule has 0 unspecified atom stereocenters. The number of carbonyl (C=O) groups is 2. The van der Waals surface area contributed by atoms with Crippen molar-refractivity contribution < 1.29 is 22.7 Å². The number of hydrogen-bond donors (Lipinski definition) is 0. The number of hydrogen-bond acceptors (Lipinski definition) is 5. The molecule has 114 valence electrons. The monoisotopic (exact) mass is 310 g/mol. The summed E-state index contributed by atoms with van der Waals surface area (Å²) in [5, 5.41) is -0.642. The summed E-state index contributed by atoms with van der Waals surface area (Å²) >= 11 is 0. The number of aryl methyl sites for hydroxylation is 1. The molecule has 0 aromatic heterocycles. The summed E-state index contributed by atoms with van der Waals surface area (Å²) in [5.74, 6) is -1.23. The van der Waals surface area contributed by atoms with E-state index in [2.05, 4.69) is 4.74 Å². The average molecular weight is 310 g/mol. The highest BCUT2D eigenvalue weighted by Gasteiger charge is 2.24. The van der Waals surface area contributed by atoms with Crippen LogP contribution in [0.3, 0.4) is 0 Å². The van der Waals surface area contributed by atoms with Gasteiger partial charge in [-0.2, -0.15) is 0 Å². The summed E-state index contributed by atoms with van der Waals surface area (Å²) in [7, 11) is -2.39. The highest BCUT2D eigenvalue weighted by Crippen LogP contribution is 2.22. The Morgan fingerprint density at radius 1 is 1.19 bits per heavy atom. The van der Waals surface area contributed by atoms with Gasteiger partial charge >= 0.3 is 5.97 Å². The first-order chi connectivity index (χ1) is 9.70. The third-order valence-corrected chi connectivity index (χ3v) is 5.11. The van der Waals surface area contributed by atoms with Crippen LogP contribution in [0.5, 0.6) is 0 Å². The molecule has 1 aromatic rings. The highest BCUT2D eigenvalue weighted by atomic mass is 32.2. The zero-order valence-corrected chi connectivity index (χ0v) is 13.2. The van der Waals surface area contributed by atoms with Crippen LogP contribution in [-0.4, -0.2) is 32.5 Å². The maximum absolute atomic E-state index is 12.3. The molecule has 6 heteroatoms. The summed E-state index contributed by atoms with van der Waals surface area (Å²) in [6.45, 7) is 4.86. The number of allylic oxidation sites excluding steroid dienone is 1. The molecule has 0 bridgehead atoms. The van der Waals surface area contributed by atoms with E-state index in [0.717, 1.165) is 17.7 Å². The van der Waals surface area contributed by atoms with Crippen molar-refractivity contribution in [1.29, 1.82) is 0 Å². The second-order valence-corrected chi connectivity index (χ2v) is 7.29. The van der Waals surface area contributed by atoms with E-state index < -0.39 is 26.8 Å². The molecule has 0 heterocycles. The molecule has 0 fully saturated rings. The fraction of sp³-hybridized carbons (Fsp3) is 0.333. The molecule has 0 aliphatic rings. The number of carbonyl (C=O) groups excluding carboxylic acids is 2. The van der Waals surface area contributed by atoms with Gasteiger partial charge in [0.25, 0.3) is 0 Å². The molecule has 0 aliphatic heterocycles. The molecular weight excluding hydrogens is 292 g/mol. The van der Waals surface area contributed by atoms with Crippen LogP contribution >= 0.6 is 0 Å². The Labute approximate surface area is 124 Å². The van der Waals surface area contributed by atoms with Crippen molar-refractivity contribution in [3.63, 3.8) is 0 Å². The summed E-state index contributed by atoms with van der Waals surface area (Å²) in [4.78, 5) is 23.1. The molecule has 0 spiro atoms. The van der Waals surface area contributed by atoms with Crippen LogP contribution in [0.15, 0.2) is 35.2 Å². The minimum Gasteiger partial charge on any atom is -0.466 e. The number of rotatable bonds is 5. The number of ether oxygens (including phenoxy) is 1. The van der Waals surface area contributed by atoms with Crippen molar-refractivity contribution in [2.75, 3.05) is 7.11 Å². The Morgan fingerprint density at radius 3 is 2.33 bits per heavy atom. The van der Waals surface area contributed by atoms with E-state index in [1.807, 2.05) is 0 Å². The molecule has 0 radical (unpaired) electrons. The van der Waals surface area contributed by atoms with Crippen LogP contribution in [0.4, 0.5) is 0 Å². The fourth-order valence-corrected chi connectivity index (χ4v) is 2.87. The predicted octanol–water partition coefficient (Wildman–Crippen LogP) is 2.09. The second-order valence-electron chi connectivity index (χ2n) is 4.81. The van der Waals surface area contributed by atoms with Gasteiger partial charge in [0, 0.05) is 11.6 Å². The quantitative estimate of drug-likeness (QED) is 0.473. The minimum atomic E-state index is -3.58. The molecule has 0 atom stereocenters. The van der Waals surface area contributed by atoms with E-state index in [0.29, 0.717) is 0 Å². The van der Waals surface area contributed by atoms with E-state index in [4.69, 9.17) is 0 Å². The molecular formula is C15H18O5S. The molecule has 0 saturated carbocycles. The van der Waals surface area contributed by atoms with Gasteiger partial charge in [-0.3, -0.25) is 4.79 Å². The van der Waals surface area contributed by atoms with Gasteiger partial charge in [-0.05, 0) is 39.0 Å². The van der Waals surface area contributed by atoms with Crippen LogP contribution in [0, 0.1) is 6.92 Å². The molecule has 0 amide bonds. The molecule has 21 heavy (non-hydrogen) atoms. The van der Waals surface area contributed by atoms with Crippen LogP contribution in [0.1, 0.15) is 29.8 Å². The van der Waals surface area contributed by atoms with Gasteiger partial charge in [-0.25, -0.2) is 13.2 Å². The lowest BCUT2D eigenvalue weighted by atomic mass is 10.1. The highest BCUT2D eigenvalue weighted by molar-refractivity contribution is 7.92. The Kier molecular flexibility index (Phi) is 5.43. The van der Waals surface area contributed by atoms with Crippen molar-refractivity contribution in [2.45, 2.75) is 30.9 Å². The molecule has 1 rings (SSSR count). The van der Waals surface area contributed by atoms with Crippen molar-refractivity contribution >= 4 is 21.6 Å². The van der Waals surface area contributed by atoms with Crippen LogP contribution < -0.4 is 0 Å². The lowest BCUT2D eigenvalue weighted by Crippen LogP contribution is -2.17. The van der Waals surface area contributed by atoms with Crippen molar-refractivity contribution in [3.05, 3.63) is 41.5 Å². The Balaban J connectivity index is 3.36. The third-order valence-electron chi connectivity index (χ3n) is 2.90. The zero-order chi connectivity index (χ0) is 16.2. The topological polar surface area (TPSA) is 77.5 Å². The predicted molar refractivity (Wildman–Crippen MR) is 79.0 cm³/mol. The van der Waals surface area contributed by atoms with Gasteiger partial charge < -0.3 is 4.74 Å². The van der Waals surface area contributed by atoms with Gasteiger partial charge in [0.2, 0.25) is 0 Å². The SMILES string of the molecule is COC(=O)/C=C/C(=O)c1cc(C)ccc1S(=O)(=O)C(C)C. The van der Waals surface area contributed by atoms with Crippen LogP contribution in [0.2, 0.25) is 0 Å². The number of methoxy groups -OCH3 is 1. The van der Waals surface area contributed by atoms with E-state index >= 15 is 0 Å². The Hall–Kier alpha value is -1.95. The number of ketones is 1. The van der Waals surface area contributed by atoms with Crippen molar-refractivity contribution in [3.8, 4) is 0 Å². The van der Waals surface area contributed by atoms with Crippen LogP contribution in [-0.2, 0) is 19.4 Å². The van der Waals surface area contributed by atoms with Gasteiger partial charge in [-0.15, -0.1) is 0 Å². The van der Waals surface area contributed by atoms with Gasteiger partial charge in [0.1, 0.15) is 0 Å². The lowest BCUT2D eigenvalue weighted by molar-refractivity contribution is -0.134. The first-order valence-corrected chi connectivity index (χ1v) is 7.89. The Bertz CT molecular complexity index is 684. The summed E-state index contributed by atoms with van der Waals surface area (Å²) in [5.41, 5.74) is 0.816. The van der Waals surface area contributed by atoms with E-state index in [1.54, 1.807) is 26.8 Å². The maximum Gasteiger partial charge on any atom is 0.330 e. The zero-order valence-electron chi connectivity index (χ0n) is 12.4. The normalized spacial score (nSPS) is 11.9. The first-order valence-electron chi connectivity index (χ1n) is 6.35. The lowest BCUT2D eigenvalue weighted by Gasteiger charge is -2.12. The molecule has 5 nitrogen and oxygen atoms in total. The molecule has 0 N–H and O–H groups in total.